The number of pyridine rings is 1. The molecule has 0 radical (unpaired) electrons. The minimum atomic E-state index is -0.349. The molecule has 4 heteroatoms. The number of rotatable bonds is 2. The van der Waals surface area contributed by atoms with Crippen LogP contribution in [0.2, 0.25) is 0 Å². The summed E-state index contributed by atoms with van der Waals surface area (Å²) in [5.74, 6) is 0.414. The van der Waals surface area contributed by atoms with Gasteiger partial charge in [0, 0.05) is 23.4 Å². The Labute approximate surface area is 135 Å². The van der Waals surface area contributed by atoms with Crippen molar-refractivity contribution in [2.75, 3.05) is 0 Å². The number of hydrogen-bond acceptors (Lipinski definition) is 3. The summed E-state index contributed by atoms with van der Waals surface area (Å²) in [7, 11) is 0. The fraction of sp³-hybridized carbons (Fsp3) is 0.316. The lowest BCUT2D eigenvalue weighted by molar-refractivity contribution is 0.0971. The smallest absolute Gasteiger partial charge is 0.273 e. The van der Waals surface area contributed by atoms with Gasteiger partial charge in [-0.2, -0.15) is 5.26 Å². The lowest BCUT2D eigenvalue weighted by Gasteiger charge is -2.21. The van der Waals surface area contributed by atoms with Crippen LogP contribution in [-0.2, 0) is 6.42 Å². The number of carbonyl (C=O) groups is 1. The van der Waals surface area contributed by atoms with E-state index in [9.17, 15) is 14.9 Å². The molecule has 0 N–H and O–H groups in total. The normalized spacial score (nSPS) is 13.7. The molecule has 1 aliphatic carbocycles. The molecule has 0 saturated carbocycles. The van der Waals surface area contributed by atoms with E-state index >= 15 is 0 Å². The van der Waals surface area contributed by atoms with Crippen molar-refractivity contribution < 1.29 is 4.79 Å². The lowest BCUT2D eigenvalue weighted by Crippen LogP contribution is -2.29. The zero-order valence-electron chi connectivity index (χ0n) is 13.3. The Bertz CT molecular complexity index is 868. The molecule has 1 aromatic heterocycles. The van der Waals surface area contributed by atoms with E-state index in [1.807, 2.05) is 30.3 Å². The molecule has 4 nitrogen and oxygen atoms in total. The molecule has 23 heavy (non-hydrogen) atoms. The van der Waals surface area contributed by atoms with Crippen LogP contribution in [0.25, 0.3) is 5.69 Å². The van der Waals surface area contributed by atoms with Gasteiger partial charge in [-0.25, -0.2) is 0 Å². The van der Waals surface area contributed by atoms with Crippen molar-refractivity contribution in [2.45, 2.75) is 39.0 Å². The first-order valence-corrected chi connectivity index (χ1v) is 7.85. The average Bonchev–Trinajstić information content (AvgIpc) is 2.55. The minimum Gasteiger partial charge on any atom is -0.294 e. The van der Waals surface area contributed by atoms with Gasteiger partial charge in [-0.15, -0.1) is 0 Å². The molecular formula is C19H18N2O2. The van der Waals surface area contributed by atoms with Crippen LogP contribution >= 0.6 is 0 Å². The Balaban J connectivity index is 2.26. The number of nitrogens with zero attached hydrogens (tertiary/aromatic N) is 2. The highest BCUT2D eigenvalue weighted by molar-refractivity contribution is 5.98. The second kappa shape index (κ2) is 5.85. The monoisotopic (exact) mass is 306 g/mol. The predicted molar refractivity (Wildman–Crippen MR) is 88.1 cm³/mol. The lowest BCUT2D eigenvalue weighted by atomic mass is 9.93. The Hall–Kier alpha value is -2.67. The summed E-state index contributed by atoms with van der Waals surface area (Å²) >= 11 is 0. The van der Waals surface area contributed by atoms with Crippen molar-refractivity contribution in [1.29, 1.82) is 5.26 Å². The fourth-order valence-electron chi connectivity index (χ4n) is 3.05. The third-order valence-electron chi connectivity index (χ3n) is 4.36. The van der Waals surface area contributed by atoms with E-state index in [0.717, 1.165) is 12.1 Å². The maximum atomic E-state index is 12.6. The number of hydrogen-bond donors (Lipinski definition) is 0. The fourth-order valence-corrected chi connectivity index (χ4v) is 3.05. The van der Waals surface area contributed by atoms with Gasteiger partial charge >= 0.3 is 0 Å². The molecule has 0 bridgehead atoms. The van der Waals surface area contributed by atoms with Crippen LogP contribution in [0.5, 0.6) is 0 Å². The van der Waals surface area contributed by atoms with Crippen LogP contribution < -0.4 is 5.56 Å². The standard InChI is InChI=1S/C19H18N2O2/c1-12(2)13-6-8-15(9-7-13)21-17-4-3-5-18(22)16(17)10-14(11-20)19(21)23/h6-10,12H,3-5H2,1-2H3. The first-order chi connectivity index (χ1) is 11.0. The minimum absolute atomic E-state index is 0.00954. The molecule has 0 spiro atoms. The van der Waals surface area contributed by atoms with Gasteiger partial charge in [-0.05, 0) is 42.5 Å². The molecule has 0 saturated heterocycles. The van der Waals surface area contributed by atoms with Crippen molar-refractivity contribution in [2.24, 2.45) is 0 Å². The van der Waals surface area contributed by atoms with Crippen LogP contribution in [0.15, 0.2) is 35.1 Å². The van der Waals surface area contributed by atoms with Crippen molar-refractivity contribution in [3.63, 3.8) is 0 Å². The van der Waals surface area contributed by atoms with Crippen molar-refractivity contribution >= 4 is 5.78 Å². The number of carbonyl (C=O) groups excluding carboxylic acids is 1. The van der Waals surface area contributed by atoms with E-state index in [2.05, 4.69) is 13.8 Å². The van der Waals surface area contributed by atoms with E-state index < -0.39 is 0 Å². The van der Waals surface area contributed by atoms with Gasteiger partial charge in [0.25, 0.3) is 5.56 Å². The number of aromatic nitrogens is 1. The highest BCUT2D eigenvalue weighted by atomic mass is 16.1. The van der Waals surface area contributed by atoms with Gasteiger partial charge < -0.3 is 0 Å². The molecular weight excluding hydrogens is 288 g/mol. The SMILES string of the molecule is CC(C)c1ccc(-n2c3c(cc(C#N)c2=O)C(=O)CCC3)cc1. The number of nitriles is 1. The highest BCUT2D eigenvalue weighted by Gasteiger charge is 2.23. The topological polar surface area (TPSA) is 62.9 Å². The summed E-state index contributed by atoms with van der Waals surface area (Å²) in [5.41, 5.74) is 2.80. The third-order valence-corrected chi connectivity index (χ3v) is 4.36. The zero-order chi connectivity index (χ0) is 16.6. The second-order valence-electron chi connectivity index (χ2n) is 6.19. The molecule has 1 heterocycles. The number of benzene rings is 1. The van der Waals surface area contributed by atoms with Crippen LogP contribution in [0, 0.1) is 11.3 Å². The number of Topliss-reactive ketones (excluding diaryl/α,β-unsaturated/α-hetero) is 1. The third kappa shape index (κ3) is 2.59. The largest absolute Gasteiger partial charge is 0.294 e. The molecule has 0 aliphatic heterocycles. The molecule has 1 aliphatic rings. The maximum absolute atomic E-state index is 12.6. The van der Waals surface area contributed by atoms with E-state index in [4.69, 9.17) is 0 Å². The van der Waals surface area contributed by atoms with E-state index in [1.54, 1.807) is 0 Å². The van der Waals surface area contributed by atoms with Crippen LogP contribution in [-0.4, -0.2) is 10.4 Å². The first-order valence-electron chi connectivity index (χ1n) is 7.85. The number of fused-ring (bicyclic) bond motifs is 1. The van der Waals surface area contributed by atoms with E-state index in [1.165, 1.54) is 16.2 Å². The summed E-state index contributed by atoms with van der Waals surface area (Å²) in [6, 6.07) is 11.1. The summed E-state index contributed by atoms with van der Waals surface area (Å²) in [4.78, 5) is 24.8. The molecule has 2 aromatic rings. The molecule has 0 unspecified atom stereocenters. The summed E-state index contributed by atoms with van der Waals surface area (Å²) in [6.07, 6.45) is 1.89. The van der Waals surface area contributed by atoms with Crippen LogP contribution in [0.4, 0.5) is 0 Å². The second-order valence-corrected chi connectivity index (χ2v) is 6.19. The van der Waals surface area contributed by atoms with Crippen LogP contribution in [0.3, 0.4) is 0 Å². The van der Waals surface area contributed by atoms with Crippen molar-refractivity contribution in [1.82, 2.24) is 4.57 Å². The van der Waals surface area contributed by atoms with E-state index in [-0.39, 0.29) is 16.9 Å². The summed E-state index contributed by atoms with van der Waals surface area (Å²) in [6.45, 7) is 4.22. The quantitative estimate of drug-likeness (QED) is 0.854. The molecule has 116 valence electrons. The Kier molecular flexibility index (Phi) is 3.87. The van der Waals surface area contributed by atoms with Gasteiger partial charge in [0.2, 0.25) is 0 Å². The number of ketones is 1. The highest BCUT2D eigenvalue weighted by Crippen LogP contribution is 2.24. The molecule has 0 fully saturated rings. The van der Waals surface area contributed by atoms with Crippen molar-refractivity contribution in [3.05, 3.63) is 63.1 Å². The molecule has 0 atom stereocenters. The maximum Gasteiger partial charge on any atom is 0.273 e. The van der Waals surface area contributed by atoms with Crippen molar-refractivity contribution in [3.8, 4) is 11.8 Å². The van der Waals surface area contributed by atoms with Gasteiger partial charge in [-0.3, -0.25) is 14.2 Å². The van der Waals surface area contributed by atoms with Gasteiger partial charge in [0.1, 0.15) is 11.6 Å². The van der Waals surface area contributed by atoms with Crippen LogP contribution in [0.1, 0.15) is 59.8 Å². The summed E-state index contributed by atoms with van der Waals surface area (Å²) in [5, 5.41) is 9.22. The summed E-state index contributed by atoms with van der Waals surface area (Å²) < 4.78 is 1.54. The van der Waals surface area contributed by atoms with Gasteiger partial charge in [-0.1, -0.05) is 26.0 Å². The Morgan fingerprint density at radius 2 is 1.83 bits per heavy atom. The Morgan fingerprint density at radius 1 is 1.13 bits per heavy atom. The Morgan fingerprint density at radius 3 is 2.43 bits per heavy atom. The predicted octanol–water partition coefficient (Wildman–Crippen LogP) is 3.35. The molecule has 1 aromatic carbocycles. The zero-order valence-corrected chi connectivity index (χ0v) is 13.3. The van der Waals surface area contributed by atoms with E-state index in [0.29, 0.717) is 30.0 Å². The average molecular weight is 306 g/mol. The first kappa shape index (κ1) is 15.2. The van der Waals surface area contributed by atoms with Gasteiger partial charge in [0.05, 0.1) is 0 Å². The molecule has 0 amide bonds. The van der Waals surface area contributed by atoms with Gasteiger partial charge in [0.15, 0.2) is 5.78 Å². The molecule has 3 rings (SSSR count).